The molecule has 0 fully saturated rings. The van der Waals surface area contributed by atoms with Crippen molar-refractivity contribution in [3.63, 3.8) is 0 Å². The minimum absolute atomic E-state index is 0.346. The summed E-state index contributed by atoms with van der Waals surface area (Å²) in [7, 11) is 0. The van der Waals surface area contributed by atoms with Gasteiger partial charge in [0.25, 0.3) is 0 Å². The van der Waals surface area contributed by atoms with Crippen LogP contribution < -0.4 is 4.74 Å². The lowest BCUT2D eigenvalue weighted by Crippen LogP contribution is -2.32. The van der Waals surface area contributed by atoms with E-state index in [4.69, 9.17) is 21.1 Å². The number of hydrogen-bond donors (Lipinski definition) is 0. The van der Waals surface area contributed by atoms with E-state index in [1.54, 1.807) is 25.1 Å². The average molecular weight is 253 g/mol. The van der Waals surface area contributed by atoms with Gasteiger partial charge in [0.1, 0.15) is 5.75 Å². The Morgan fingerprint density at radius 2 is 2.41 bits per heavy atom. The van der Waals surface area contributed by atoms with Crippen LogP contribution in [0.2, 0.25) is 5.02 Å². The molecule has 90 valence electrons. The molecule has 1 aliphatic rings. The molecule has 0 N–H and O–H groups in total. The van der Waals surface area contributed by atoms with Crippen molar-refractivity contribution >= 4 is 23.1 Å². The molecule has 0 amide bonds. The first-order valence-corrected chi connectivity index (χ1v) is 5.80. The Hall–Kier alpha value is -1.48. The Kier molecular flexibility index (Phi) is 3.38. The quantitative estimate of drug-likeness (QED) is 0.759. The van der Waals surface area contributed by atoms with Gasteiger partial charge < -0.3 is 9.47 Å². The summed E-state index contributed by atoms with van der Waals surface area (Å²) in [5.74, 6) is 0.276. The fourth-order valence-corrected chi connectivity index (χ4v) is 1.95. The Labute approximate surface area is 105 Å². The number of hydrogen-bond acceptors (Lipinski definition) is 3. The highest BCUT2D eigenvalue weighted by Crippen LogP contribution is 2.36. The van der Waals surface area contributed by atoms with Crippen molar-refractivity contribution in [2.75, 3.05) is 6.61 Å². The summed E-state index contributed by atoms with van der Waals surface area (Å²) in [6, 6.07) is 5.26. The van der Waals surface area contributed by atoms with Crippen LogP contribution in [0, 0.1) is 0 Å². The third-order valence-corrected chi connectivity index (χ3v) is 2.81. The highest BCUT2D eigenvalue weighted by molar-refractivity contribution is 6.30. The molecule has 0 aromatic heterocycles. The highest BCUT2D eigenvalue weighted by atomic mass is 35.5. The van der Waals surface area contributed by atoms with Gasteiger partial charge in [0.05, 0.1) is 6.61 Å². The van der Waals surface area contributed by atoms with E-state index in [2.05, 4.69) is 6.58 Å². The SMILES string of the molecule is C=C1C[C@@H](C(=O)OCC)Oc2ccc(Cl)cc21. The van der Waals surface area contributed by atoms with E-state index in [0.29, 0.717) is 23.8 Å². The van der Waals surface area contributed by atoms with Gasteiger partial charge in [-0.25, -0.2) is 4.79 Å². The zero-order valence-corrected chi connectivity index (χ0v) is 10.3. The first-order valence-electron chi connectivity index (χ1n) is 5.42. The first kappa shape index (κ1) is 12.0. The molecule has 0 saturated carbocycles. The normalized spacial score (nSPS) is 18.2. The van der Waals surface area contributed by atoms with Gasteiger partial charge >= 0.3 is 5.97 Å². The zero-order valence-electron chi connectivity index (χ0n) is 9.53. The van der Waals surface area contributed by atoms with Crippen molar-refractivity contribution in [3.8, 4) is 5.75 Å². The second-order valence-electron chi connectivity index (χ2n) is 3.81. The van der Waals surface area contributed by atoms with Crippen molar-refractivity contribution in [2.24, 2.45) is 0 Å². The summed E-state index contributed by atoms with van der Waals surface area (Å²) in [5.41, 5.74) is 1.70. The van der Waals surface area contributed by atoms with E-state index in [9.17, 15) is 4.79 Å². The average Bonchev–Trinajstić information content (AvgIpc) is 2.30. The molecule has 0 aliphatic carbocycles. The molecule has 0 saturated heterocycles. The first-order chi connectivity index (χ1) is 8.11. The van der Waals surface area contributed by atoms with Gasteiger partial charge in [-0.3, -0.25) is 0 Å². The molecule has 1 atom stereocenters. The van der Waals surface area contributed by atoms with Crippen molar-refractivity contribution in [3.05, 3.63) is 35.4 Å². The third-order valence-electron chi connectivity index (χ3n) is 2.57. The Morgan fingerprint density at radius 1 is 1.65 bits per heavy atom. The van der Waals surface area contributed by atoms with Gasteiger partial charge in [0.2, 0.25) is 0 Å². The van der Waals surface area contributed by atoms with Crippen LogP contribution in [0.1, 0.15) is 18.9 Å². The Morgan fingerprint density at radius 3 is 3.12 bits per heavy atom. The standard InChI is InChI=1S/C13H13ClO3/c1-3-16-13(15)12-6-8(2)10-7-9(14)4-5-11(10)17-12/h4-5,7,12H,2-3,6H2,1H3/t12-/m0/s1. The molecule has 2 rings (SSSR count). The summed E-state index contributed by atoms with van der Waals surface area (Å²) in [6.45, 7) is 6.06. The van der Waals surface area contributed by atoms with E-state index >= 15 is 0 Å². The van der Waals surface area contributed by atoms with Gasteiger partial charge in [0.15, 0.2) is 6.10 Å². The van der Waals surface area contributed by atoms with E-state index in [1.807, 2.05) is 0 Å². The summed E-state index contributed by atoms with van der Waals surface area (Å²) in [4.78, 5) is 11.6. The van der Waals surface area contributed by atoms with Crippen molar-refractivity contribution < 1.29 is 14.3 Å². The predicted molar refractivity (Wildman–Crippen MR) is 66.2 cm³/mol. The lowest BCUT2D eigenvalue weighted by molar-refractivity contribution is -0.151. The second-order valence-corrected chi connectivity index (χ2v) is 4.24. The van der Waals surface area contributed by atoms with Crippen LogP contribution in [-0.4, -0.2) is 18.7 Å². The number of benzene rings is 1. The minimum Gasteiger partial charge on any atom is -0.478 e. The predicted octanol–water partition coefficient (Wildman–Crippen LogP) is 3.07. The molecule has 3 nitrogen and oxygen atoms in total. The number of carbonyl (C=O) groups excluding carboxylic acids is 1. The van der Waals surface area contributed by atoms with Gasteiger partial charge in [-0.15, -0.1) is 0 Å². The van der Waals surface area contributed by atoms with Gasteiger partial charge in [-0.1, -0.05) is 18.2 Å². The third kappa shape index (κ3) is 2.44. The van der Waals surface area contributed by atoms with E-state index in [1.165, 1.54) is 0 Å². The summed E-state index contributed by atoms with van der Waals surface area (Å²) >= 11 is 5.90. The topological polar surface area (TPSA) is 35.5 Å². The smallest absolute Gasteiger partial charge is 0.347 e. The van der Waals surface area contributed by atoms with Crippen LogP contribution in [0.15, 0.2) is 24.8 Å². The number of rotatable bonds is 2. The molecule has 1 heterocycles. The number of ether oxygens (including phenoxy) is 2. The van der Waals surface area contributed by atoms with Crippen molar-refractivity contribution in [1.82, 2.24) is 0 Å². The fraction of sp³-hybridized carbons (Fsp3) is 0.308. The van der Waals surface area contributed by atoms with Crippen LogP contribution in [0.25, 0.3) is 5.57 Å². The molecular formula is C13H13ClO3. The molecule has 17 heavy (non-hydrogen) atoms. The highest BCUT2D eigenvalue weighted by Gasteiger charge is 2.29. The lowest BCUT2D eigenvalue weighted by Gasteiger charge is -2.26. The fourth-order valence-electron chi connectivity index (χ4n) is 1.78. The van der Waals surface area contributed by atoms with Gasteiger partial charge in [0, 0.05) is 17.0 Å². The van der Waals surface area contributed by atoms with E-state index in [0.717, 1.165) is 11.1 Å². The summed E-state index contributed by atoms with van der Waals surface area (Å²) in [5, 5.41) is 0.628. The van der Waals surface area contributed by atoms with Crippen LogP contribution in [0.4, 0.5) is 0 Å². The van der Waals surface area contributed by atoms with E-state index in [-0.39, 0.29) is 5.97 Å². The maximum Gasteiger partial charge on any atom is 0.347 e. The largest absolute Gasteiger partial charge is 0.478 e. The van der Waals surface area contributed by atoms with Crippen LogP contribution in [0.5, 0.6) is 5.75 Å². The zero-order chi connectivity index (χ0) is 12.4. The Balaban J connectivity index is 2.25. The number of halogens is 1. The number of fused-ring (bicyclic) bond motifs is 1. The van der Waals surface area contributed by atoms with Gasteiger partial charge in [-0.2, -0.15) is 0 Å². The maximum absolute atomic E-state index is 11.6. The molecule has 0 radical (unpaired) electrons. The lowest BCUT2D eigenvalue weighted by atomic mass is 9.97. The monoisotopic (exact) mass is 252 g/mol. The molecule has 4 heteroatoms. The summed E-state index contributed by atoms with van der Waals surface area (Å²) in [6.07, 6.45) is -0.164. The number of esters is 1. The molecule has 0 unspecified atom stereocenters. The van der Waals surface area contributed by atoms with Crippen LogP contribution in [0.3, 0.4) is 0 Å². The molecule has 1 aromatic carbocycles. The van der Waals surface area contributed by atoms with Crippen molar-refractivity contribution in [1.29, 1.82) is 0 Å². The second kappa shape index (κ2) is 4.80. The molecule has 0 spiro atoms. The molecule has 1 aromatic rings. The van der Waals surface area contributed by atoms with Crippen molar-refractivity contribution in [2.45, 2.75) is 19.4 Å². The van der Waals surface area contributed by atoms with Crippen LogP contribution >= 0.6 is 11.6 Å². The van der Waals surface area contributed by atoms with E-state index < -0.39 is 6.10 Å². The minimum atomic E-state index is -0.601. The number of carbonyl (C=O) groups is 1. The van der Waals surface area contributed by atoms with Crippen LogP contribution in [-0.2, 0) is 9.53 Å². The van der Waals surface area contributed by atoms with Gasteiger partial charge in [-0.05, 0) is 30.7 Å². The molecule has 1 aliphatic heterocycles. The summed E-state index contributed by atoms with van der Waals surface area (Å²) < 4.78 is 10.5. The molecular weight excluding hydrogens is 240 g/mol. The maximum atomic E-state index is 11.6. The Bertz CT molecular complexity index is 468. The molecule has 0 bridgehead atoms.